The summed E-state index contributed by atoms with van der Waals surface area (Å²) in [4.78, 5) is 36.9. The molecule has 0 radical (unpaired) electrons. The zero-order valence-corrected chi connectivity index (χ0v) is 15.3. The predicted molar refractivity (Wildman–Crippen MR) is 107 cm³/mol. The number of carbonyl (C=O) groups is 3. The van der Waals surface area contributed by atoms with E-state index in [4.69, 9.17) is 4.74 Å². The van der Waals surface area contributed by atoms with Crippen molar-refractivity contribution < 1.29 is 19.1 Å². The minimum absolute atomic E-state index is 0.242. The maximum absolute atomic E-state index is 12.4. The van der Waals surface area contributed by atoms with Gasteiger partial charge in [-0.3, -0.25) is 14.4 Å². The third kappa shape index (κ3) is 4.51. The van der Waals surface area contributed by atoms with Crippen molar-refractivity contribution in [3.8, 4) is 5.75 Å². The smallest absolute Gasteiger partial charge is 0.255 e. The largest absolute Gasteiger partial charge is 0.494 e. The number of benzene rings is 3. The third-order valence-corrected chi connectivity index (χ3v) is 4.07. The maximum atomic E-state index is 12.4. The van der Waals surface area contributed by atoms with Crippen LogP contribution in [-0.4, -0.2) is 24.1 Å². The van der Waals surface area contributed by atoms with Crippen LogP contribution in [0.4, 0.5) is 5.69 Å². The summed E-state index contributed by atoms with van der Waals surface area (Å²) in [5.74, 6) is -0.763. The van der Waals surface area contributed by atoms with Gasteiger partial charge in [0.25, 0.3) is 5.91 Å². The van der Waals surface area contributed by atoms with Crippen LogP contribution >= 0.6 is 0 Å². The Morgan fingerprint density at radius 2 is 1.25 bits per heavy atom. The maximum Gasteiger partial charge on any atom is 0.255 e. The fourth-order valence-electron chi connectivity index (χ4n) is 2.63. The number of nitrogens with one attached hydrogen (secondary N) is 1. The molecule has 0 spiro atoms. The van der Waals surface area contributed by atoms with Gasteiger partial charge in [-0.15, -0.1) is 0 Å². The Kier molecular flexibility index (Phi) is 5.97. The second-order valence-corrected chi connectivity index (χ2v) is 6.01. The number of hydrogen-bond donors (Lipinski definition) is 1. The Balaban J connectivity index is 1.67. The third-order valence-electron chi connectivity index (χ3n) is 4.07. The molecular weight excluding hydrogens is 354 g/mol. The van der Waals surface area contributed by atoms with E-state index in [0.717, 1.165) is 5.75 Å². The van der Waals surface area contributed by atoms with E-state index in [-0.39, 0.29) is 11.5 Å². The molecule has 0 saturated carbocycles. The van der Waals surface area contributed by atoms with Crippen molar-refractivity contribution in [1.82, 2.24) is 0 Å². The van der Waals surface area contributed by atoms with Gasteiger partial charge < -0.3 is 10.1 Å². The molecule has 28 heavy (non-hydrogen) atoms. The zero-order valence-electron chi connectivity index (χ0n) is 15.3. The van der Waals surface area contributed by atoms with Crippen molar-refractivity contribution in [1.29, 1.82) is 0 Å². The number of anilines is 1. The molecule has 0 saturated heterocycles. The first-order valence-corrected chi connectivity index (χ1v) is 8.87. The van der Waals surface area contributed by atoms with E-state index in [2.05, 4.69) is 5.32 Å². The summed E-state index contributed by atoms with van der Waals surface area (Å²) in [5.41, 5.74) is 1.60. The molecule has 1 N–H and O–H groups in total. The lowest BCUT2D eigenvalue weighted by atomic mass is 10.0. The number of hydrogen-bond acceptors (Lipinski definition) is 4. The SMILES string of the molecule is CCOc1ccc(NC(=O)c2ccc(C(=O)C(=O)c3ccccc3)cc2)cc1. The van der Waals surface area contributed by atoms with E-state index < -0.39 is 11.6 Å². The van der Waals surface area contributed by atoms with Crippen LogP contribution in [0.15, 0.2) is 78.9 Å². The van der Waals surface area contributed by atoms with Crippen molar-refractivity contribution in [3.05, 3.63) is 95.6 Å². The van der Waals surface area contributed by atoms with Gasteiger partial charge in [-0.1, -0.05) is 42.5 Å². The van der Waals surface area contributed by atoms with E-state index in [1.165, 1.54) is 24.3 Å². The summed E-state index contributed by atoms with van der Waals surface area (Å²) in [7, 11) is 0. The van der Waals surface area contributed by atoms with E-state index in [1.54, 1.807) is 54.6 Å². The van der Waals surface area contributed by atoms with Crippen molar-refractivity contribution in [2.45, 2.75) is 6.92 Å². The van der Waals surface area contributed by atoms with E-state index in [0.29, 0.717) is 23.4 Å². The standard InChI is InChI=1S/C23H19NO4/c1-2-28-20-14-12-19(13-15-20)24-23(27)18-10-8-17(9-11-18)22(26)21(25)16-6-4-3-5-7-16/h3-15H,2H2,1H3,(H,24,27). The van der Waals surface area contributed by atoms with Gasteiger partial charge in [-0.05, 0) is 43.3 Å². The van der Waals surface area contributed by atoms with Crippen molar-refractivity contribution >= 4 is 23.2 Å². The summed E-state index contributed by atoms with van der Waals surface area (Å²) in [5, 5.41) is 2.78. The fourth-order valence-corrected chi connectivity index (χ4v) is 2.63. The van der Waals surface area contributed by atoms with Gasteiger partial charge in [0.1, 0.15) is 5.75 Å². The monoisotopic (exact) mass is 373 g/mol. The zero-order chi connectivity index (χ0) is 19.9. The van der Waals surface area contributed by atoms with Crippen LogP contribution in [0.3, 0.4) is 0 Å². The van der Waals surface area contributed by atoms with Crippen LogP contribution in [-0.2, 0) is 0 Å². The molecule has 0 aliphatic carbocycles. The molecule has 0 unspecified atom stereocenters. The molecule has 0 aliphatic rings. The van der Waals surface area contributed by atoms with Crippen LogP contribution in [0.2, 0.25) is 0 Å². The molecule has 0 aromatic heterocycles. The Morgan fingerprint density at radius 3 is 1.82 bits per heavy atom. The molecule has 0 heterocycles. The lowest BCUT2D eigenvalue weighted by Crippen LogP contribution is -2.15. The van der Waals surface area contributed by atoms with Crippen molar-refractivity contribution in [2.24, 2.45) is 0 Å². The number of amides is 1. The average Bonchev–Trinajstić information content (AvgIpc) is 2.75. The van der Waals surface area contributed by atoms with Crippen LogP contribution in [0, 0.1) is 0 Å². The first-order valence-electron chi connectivity index (χ1n) is 8.87. The van der Waals surface area contributed by atoms with Crippen molar-refractivity contribution in [3.63, 3.8) is 0 Å². The van der Waals surface area contributed by atoms with E-state index in [1.807, 2.05) is 6.92 Å². The lowest BCUT2D eigenvalue weighted by Gasteiger charge is -2.08. The van der Waals surface area contributed by atoms with Crippen LogP contribution in [0.1, 0.15) is 38.0 Å². The molecule has 0 atom stereocenters. The molecule has 0 fully saturated rings. The quantitative estimate of drug-likeness (QED) is 0.492. The number of rotatable bonds is 7. The Labute approximate surface area is 163 Å². The fraction of sp³-hybridized carbons (Fsp3) is 0.0870. The van der Waals surface area contributed by atoms with Gasteiger partial charge >= 0.3 is 0 Å². The van der Waals surface area contributed by atoms with Gasteiger partial charge in [-0.2, -0.15) is 0 Å². The summed E-state index contributed by atoms with van der Waals surface area (Å²) < 4.78 is 5.37. The van der Waals surface area contributed by atoms with Gasteiger partial charge in [0.05, 0.1) is 6.61 Å². The minimum Gasteiger partial charge on any atom is -0.494 e. The number of ketones is 2. The van der Waals surface area contributed by atoms with Gasteiger partial charge in [0, 0.05) is 22.4 Å². The highest BCUT2D eigenvalue weighted by molar-refractivity contribution is 6.49. The normalized spacial score (nSPS) is 10.2. The molecule has 5 nitrogen and oxygen atoms in total. The first-order chi connectivity index (χ1) is 13.6. The second kappa shape index (κ2) is 8.77. The molecule has 3 aromatic rings. The second-order valence-electron chi connectivity index (χ2n) is 6.01. The van der Waals surface area contributed by atoms with Gasteiger partial charge in [0.2, 0.25) is 11.6 Å². The Hall–Kier alpha value is -3.73. The Bertz CT molecular complexity index is 977. The van der Waals surface area contributed by atoms with E-state index >= 15 is 0 Å². The Morgan fingerprint density at radius 1 is 0.714 bits per heavy atom. The lowest BCUT2D eigenvalue weighted by molar-refractivity contribution is 0.0817. The predicted octanol–water partition coefficient (Wildman–Crippen LogP) is 4.40. The number of ether oxygens (including phenoxy) is 1. The van der Waals surface area contributed by atoms with Gasteiger partial charge in [-0.25, -0.2) is 0 Å². The first kappa shape index (κ1) is 19.0. The number of carbonyl (C=O) groups excluding carboxylic acids is 3. The van der Waals surface area contributed by atoms with Crippen LogP contribution < -0.4 is 10.1 Å². The molecule has 0 bridgehead atoms. The molecule has 1 amide bonds. The summed E-state index contributed by atoms with van der Waals surface area (Å²) in [6, 6.07) is 21.4. The summed E-state index contributed by atoms with van der Waals surface area (Å²) in [6.07, 6.45) is 0. The summed E-state index contributed by atoms with van der Waals surface area (Å²) >= 11 is 0. The molecule has 5 heteroatoms. The van der Waals surface area contributed by atoms with Crippen LogP contribution in [0.25, 0.3) is 0 Å². The van der Waals surface area contributed by atoms with E-state index in [9.17, 15) is 14.4 Å². The molecular formula is C23H19NO4. The molecule has 3 rings (SSSR count). The molecule has 3 aromatic carbocycles. The number of Topliss-reactive ketones (excluding diaryl/α,β-unsaturated/α-hetero) is 2. The van der Waals surface area contributed by atoms with Crippen molar-refractivity contribution in [2.75, 3.05) is 11.9 Å². The minimum atomic E-state index is -0.607. The van der Waals surface area contributed by atoms with Crippen LogP contribution in [0.5, 0.6) is 5.75 Å². The highest BCUT2D eigenvalue weighted by Gasteiger charge is 2.18. The van der Waals surface area contributed by atoms with Gasteiger partial charge in [0.15, 0.2) is 0 Å². The highest BCUT2D eigenvalue weighted by atomic mass is 16.5. The molecule has 0 aliphatic heterocycles. The molecule has 140 valence electrons. The average molecular weight is 373 g/mol. The highest BCUT2D eigenvalue weighted by Crippen LogP contribution is 2.17. The summed E-state index contributed by atoms with van der Waals surface area (Å²) in [6.45, 7) is 2.47. The topological polar surface area (TPSA) is 72.5 Å².